The van der Waals surface area contributed by atoms with E-state index in [2.05, 4.69) is 16.1 Å². The fraction of sp³-hybridized carbons (Fsp3) is 0.667. The van der Waals surface area contributed by atoms with Crippen molar-refractivity contribution in [2.24, 2.45) is 0 Å². The molecule has 0 saturated heterocycles. The molecule has 1 heterocycles. The highest BCUT2D eigenvalue weighted by Gasteiger charge is 2.20. The maximum Gasteiger partial charge on any atom is 0.250 e. The van der Waals surface area contributed by atoms with E-state index in [1.165, 1.54) is 36.8 Å². The molecule has 1 nitrogen and oxygen atoms in total. The van der Waals surface area contributed by atoms with Crippen LogP contribution in [0.25, 0.3) is 0 Å². The number of rotatable bonds is 5. The zero-order chi connectivity index (χ0) is 11.4. The third kappa shape index (κ3) is 3.01. The van der Waals surface area contributed by atoms with Gasteiger partial charge in [-0.1, -0.05) is 12.8 Å². The molecular formula is C12H17F2NS. The molecule has 4 heteroatoms. The van der Waals surface area contributed by atoms with Crippen molar-refractivity contribution >= 4 is 11.3 Å². The number of alkyl halides is 2. The van der Waals surface area contributed by atoms with Crippen molar-refractivity contribution in [2.45, 2.75) is 44.6 Å². The van der Waals surface area contributed by atoms with E-state index in [1.807, 2.05) is 0 Å². The first-order valence-electron chi connectivity index (χ1n) is 5.81. The van der Waals surface area contributed by atoms with Crippen LogP contribution in [0, 0.1) is 0 Å². The third-order valence-corrected chi connectivity index (χ3v) is 4.00. The maximum atomic E-state index is 12.0. The van der Waals surface area contributed by atoms with Crippen LogP contribution >= 0.6 is 11.3 Å². The fourth-order valence-electron chi connectivity index (χ4n) is 2.39. The van der Waals surface area contributed by atoms with Crippen LogP contribution in [0.1, 0.15) is 42.7 Å². The summed E-state index contributed by atoms with van der Waals surface area (Å²) in [6.07, 6.45) is 2.89. The molecule has 1 saturated carbocycles. The monoisotopic (exact) mass is 245 g/mol. The van der Waals surface area contributed by atoms with Gasteiger partial charge in [0.2, 0.25) is 0 Å². The van der Waals surface area contributed by atoms with Gasteiger partial charge in [0, 0.05) is 6.54 Å². The summed E-state index contributed by atoms with van der Waals surface area (Å²) in [4.78, 5) is 0. The van der Waals surface area contributed by atoms with Crippen LogP contribution in [0.5, 0.6) is 0 Å². The predicted molar refractivity (Wildman–Crippen MR) is 63.2 cm³/mol. The standard InChI is InChI=1S/C12H17F2NS/c13-12(14)6-15-5-10-7-16-8-11(10)9-3-1-2-4-9/h7-9,12,15H,1-6H2. The summed E-state index contributed by atoms with van der Waals surface area (Å²) in [6.45, 7) is 0.375. The molecule has 0 aliphatic heterocycles. The van der Waals surface area contributed by atoms with Crippen molar-refractivity contribution in [2.75, 3.05) is 6.54 Å². The molecule has 1 aliphatic rings. The van der Waals surface area contributed by atoms with Gasteiger partial charge in [-0.15, -0.1) is 0 Å². The lowest BCUT2D eigenvalue weighted by Crippen LogP contribution is -2.21. The van der Waals surface area contributed by atoms with Crippen molar-refractivity contribution in [3.8, 4) is 0 Å². The Morgan fingerprint density at radius 1 is 1.31 bits per heavy atom. The second-order valence-electron chi connectivity index (χ2n) is 4.36. The van der Waals surface area contributed by atoms with Gasteiger partial charge >= 0.3 is 0 Å². The summed E-state index contributed by atoms with van der Waals surface area (Å²) in [5.41, 5.74) is 2.61. The molecule has 90 valence electrons. The van der Waals surface area contributed by atoms with Crippen LogP contribution in [0.4, 0.5) is 8.78 Å². The Morgan fingerprint density at radius 3 is 2.75 bits per heavy atom. The van der Waals surface area contributed by atoms with Crippen LogP contribution in [-0.4, -0.2) is 13.0 Å². The summed E-state index contributed by atoms with van der Waals surface area (Å²) in [6, 6.07) is 0. The molecule has 0 amide bonds. The lowest BCUT2D eigenvalue weighted by molar-refractivity contribution is 0.145. The van der Waals surface area contributed by atoms with E-state index >= 15 is 0 Å². The molecule has 0 bridgehead atoms. The first-order valence-corrected chi connectivity index (χ1v) is 6.75. The number of halogens is 2. The molecule has 1 aliphatic carbocycles. The van der Waals surface area contributed by atoms with Gasteiger partial charge in [0.25, 0.3) is 6.43 Å². The Hall–Kier alpha value is -0.480. The van der Waals surface area contributed by atoms with E-state index in [4.69, 9.17) is 0 Å². The first kappa shape index (κ1) is 12.0. The molecule has 0 radical (unpaired) electrons. The molecule has 2 rings (SSSR count). The average Bonchev–Trinajstić information content (AvgIpc) is 2.84. The second kappa shape index (κ2) is 5.73. The minimum Gasteiger partial charge on any atom is -0.307 e. The largest absolute Gasteiger partial charge is 0.307 e. The van der Waals surface area contributed by atoms with Crippen LogP contribution in [0.15, 0.2) is 10.8 Å². The van der Waals surface area contributed by atoms with E-state index in [0.717, 1.165) is 0 Å². The van der Waals surface area contributed by atoms with E-state index < -0.39 is 6.43 Å². The molecular weight excluding hydrogens is 228 g/mol. The molecule has 0 aromatic carbocycles. The van der Waals surface area contributed by atoms with Gasteiger partial charge in [-0.05, 0) is 40.6 Å². The number of nitrogens with one attached hydrogen (secondary N) is 1. The Balaban J connectivity index is 1.91. The first-order chi connectivity index (χ1) is 7.77. The van der Waals surface area contributed by atoms with Crippen molar-refractivity contribution < 1.29 is 8.78 Å². The number of thiophene rings is 1. The Morgan fingerprint density at radius 2 is 2.06 bits per heavy atom. The highest BCUT2D eigenvalue weighted by molar-refractivity contribution is 7.08. The zero-order valence-electron chi connectivity index (χ0n) is 9.22. The van der Waals surface area contributed by atoms with E-state index in [9.17, 15) is 8.78 Å². The van der Waals surface area contributed by atoms with Crippen molar-refractivity contribution in [3.05, 3.63) is 21.9 Å². The molecule has 0 unspecified atom stereocenters. The Bertz CT molecular complexity index is 319. The molecule has 1 N–H and O–H groups in total. The second-order valence-corrected chi connectivity index (χ2v) is 5.10. The van der Waals surface area contributed by atoms with Crippen LogP contribution in [-0.2, 0) is 6.54 Å². The molecule has 0 atom stereocenters. The summed E-state index contributed by atoms with van der Waals surface area (Å²) in [5, 5.41) is 7.09. The number of hydrogen-bond donors (Lipinski definition) is 1. The van der Waals surface area contributed by atoms with Gasteiger partial charge in [0.1, 0.15) is 0 Å². The summed E-state index contributed by atoms with van der Waals surface area (Å²) in [5.74, 6) is 0.676. The smallest absolute Gasteiger partial charge is 0.250 e. The zero-order valence-corrected chi connectivity index (χ0v) is 10.0. The predicted octanol–water partition coefficient (Wildman–Crippen LogP) is 3.76. The lowest BCUT2D eigenvalue weighted by atomic mass is 9.97. The van der Waals surface area contributed by atoms with Gasteiger partial charge in [-0.2, -0.15) is 11.3 Å². The molecule has 1 aromatic rings. The minimum absolute atomic E-state index is 0.208. The van der Waals surface area contributed by atoms with Gasteiger partial charge in [0.15, 0.2) is 0 Å². The lowest BCUT2D eigenvalue weighted by Gasteiger charge is -2.11. The van der Waals surface area contributed by atoms with Gasteiger partial charge in [-0.3, -0.25) is 0 Å². The highest BCUT2D eigenvalue weighted by atomic mass is 32.1. The Labute approximate surface area is 98.9 Å². The van der Waals surface area contributed by atoms with Gasteiger partial charge in [0.05, 0.1) is 6.54 Å². The van der Waals surface area contributed by atoms with Crippen LogP contribution in [0.3, 0.4) is 0 Å². The highest BCUT2D eigenvalue weighted by Crippen LogP contribution is 2.37. The van der Waals surface area contributed by atoms with E-state index in [-0.39, 0.29) is 6.54 Å². The number of hydrogen-bond acceptors (Lipinski definition) is 2. The molecule has 16 heavy (non-hydrogen) atoms. The van der Waals surface area contributed by atoms with E-state index in [1.54, 1.807) is 11.3 Å². The van der Waals surface area contributed by atoms with Gasteiger partial charge in [-0.25, -0.2) is 8.78 Å². The minimum atomic E-state index is -2.26. The summed E-state index contributed by atoms with van der Waals surface area (Å²) < 4.78 is 24.0. The molecule has 1 fully saturated rings. The van der Waals surface area contributed by atoms with Gasteiger partial charge < -0.3 is 5.32 Å². The molecule has 1 aromatic heterocycles. The third-order valence-electron chi connectivity index (χ3n) is 3.19. The average molecular weight is 245 g/mol. The van der Waals surface area contributed by atoms with Crippen LogP contribution in [0.2, 0.25) is 0 Å². The maximum absolute atomic E-state index is 12.0. The summed E-state index contributed by atoms with van der Waals surface area (Å²) in [7, 11) is 0. The van der Waals surface area contributed by atoms with Crippen molar-refractivity contribution in [3.63, 3.8) is 0 Å². The fourth-order valence-corrected chi connectivity index (χ4v) is 3.33. The molecule has 0 spiro atoms. The quantitative estimate of drug-likeness (QED) is 0.833. The van der Waals surface area contributed by atoms with E-state index in [0.29, 0.717) is 12.5 Å². The Kier molecular flexibility index (Phi) is 4.29. The normalized spacial score (nSPS) is 17.4. The summed E-state index contributed by atoms with van der Waals surface area (Å²) >= 11 is 1.68. The topological polar surface area (TPSA) is 12.0 Å². The van der Waals surface area contributed by atoms with Crippen molar-refractivity contribution in [1.82, 2.24) is 5.32 Å². The van der Waals surface area contributed by atoms with Crippen molar-refractivity contribution in [1.29, 1.82) is 0 Å². The van der Waals surface area contributed by atoms with Crippen LogP contribution < -0.4 is 5.32 Å². The SMILES string of the molecule is FC(F)CNCc1cscc1C1CCCC1.